The number of hydrogen-bond donors (Lipinski definition) is 1. The Morgan fingerprint density at radius 2 is 0.894 bits per heavy atom. The van der Waals surface area contributed by atoms with E-state index in [9.17, 15) is 9.90 Å². The first-order valence-electron chi connectivity index (χ1n) is 17.4. The molecule has 0 fully saturated rings. The zero-order valence-electron chi connectivity index (χ0n) is 30.6. The van der Waals surface area contributed by atoms with Crippen molar-refractivity contribution >= 4 is 16.3 Å². The number of hydrogen-bond acceptors (Lipinski definition) is 3. The molecule has 0 spiro atoms. The van der Waals surface area contributed by atoms with Crippen LogP contribution in [0.3, 0.4) is 0 Å². The van der Waals surface area contributed by atoms with Crippen LogP contribution in [0.4, 0.5) is 0 Å². The minimum absolute atomic E-state index is 0.0782. The third-order valence-electron chi connectivity index (χ3n) is 9.13. The highest BCUT2D eigenvalue weighted by Crippen LogP contribution is 2.74. The van der Waals surface area contributed by atoms with E-state index in [1.165, 1.54) is 33.4 Å². The van der Waals surface area contributed by atoms with E-state index in [0.29, 0.717) is 11.8 Å². The SMILES string of the molecule is CC(C)c1cc(C(C)C)c(S(OC(=O)c2ccccc2O)(c2ccccc2)c2c(C(C)C)cc(C(C)C)cc2C(C)C)c(C(C)C)c1. The highest BCUT2D eigenvalue weighted by atomic mass is 32.3. The average molecular weight is 653 g/mol. The van der Waals surface area contributed by atoms with Gasteiger partial charge in [-0.3, -0.25) is 0 Å². The van der Waals surface area contributed by atoms with Crippen LogP contribution in [0.1, 0.15) is 162 Å². The van der Waals surface area contributed by atoms with Crippen molar-refractivity contribution in [2.24, 2.45) is 0 Å². The zero-order chi connectivity index (χ0) is 34.8. The summed E-state index contributed by atoms with van der Waals surface area (Å²) in [7, 11) is -2.74. The van der Waals surface area contributed by atoms with E-state index in [1.807, 2.05) is 6.07 Å². The topological polar surface area (TPSA) is 46.5 Å². The summed E-state index contributed by atoms with van der Waals surface area (Å²) in [5.41, 5.74) is 7.59. The molecular formula is C43H56O3S. The van der Waals surface area contributed by atoms with Crippen molar-refractivity contribution in [1.29, 1.82) is 0 Å². The Balaban J connectivity index is 2.39. The van der Waals surface area contributed by atoms with Gasteiger partial charge in [-0.15, -0.1) is 0 Å². The van der Waals surface area contributed by atoms with Gasteiger partial charge in [0.2, 0.25) is 0 Å². The molecule has 0 unspecified atom stereocenters. The van der Waals surface area contributed by atoms with Gasteiger partial charge in [-0.25, -0.2) is 4.79 Å². The normalized spacial score (nSPS) is 12.6. The molecule has 0 aliphatic heterocycles. The lowest BCUT2D eigenvalue weighted by Gasteiger charge is -2.46. The molecule has 1 N–H and O–H groups in total. The van der Waals surface area contributed by atoms with Gasteiger partial charge in [0.25, 0.3) is 0 Å². The van der Waals surface area contributed by atoms with E-state index in [2.05, 4.69) is 132 Å². The number of para-hydroxylation sites is 1. The third kappa shape index (κ3) is 7.18. The number of carbonyl (C=O) groups is 1. The molecule has 47 heavy (non-hydrogen) atoms. The van der Waals surface area contributed by atoms with Crippen LogP contribution in [0, 0.1) is 0 Å². The van der Waals surface area contributed by atoms with Crippen molar-refractivity contribution < 1.29 is 14.1 Å². The van der Waals surface area contributed by atoms with Crippen LogP contribution < -0.4 is 0 Å². The van der Waals surface area contributed by atoms with E-state index in [-0.39, 0.29) is 35.0 Å². The van der Waals surface area contributed by atoms with Gasteiger partial charge in [0.1, 0.15) is 11.3 Å². The fourth-order valence-electron chi connectivity index (χ4n) is 6.33. The van der Waals surface area contributed by atoms with Crippen molar-refractivity contribution in [2.75, 3.05) is 0 Å². The molecule has 0 radical (unpaired) electrons. The monoisotopic (exact) mass is 652 g/mol. The lowest BCUT2D eigenvalue weighted by Crippen LogP contribution is -2.21. The summed E-state index contributed by atoms with van der Waals surface area (Å²) < 4.78 is 7.31. The number of phenols is 1. The van der Waals surface area contributed by atoms with Gasteiger partial charge in [-0.1, -0.05) is 138 Å². The highest BCUT2D eigenvalue weighted by molar-refractivity contribution is 8.30. The third-order valence-corrected chi connectivity index (χ3v) is 12.6. The van der Waals surface area contributed by atoms with Crippen molar-refractivity contribution in [1.82, 2.24) is 0 Å². The Morgan fingerprint density at radius 3 is 1.23 bits per heavy atom. The smallest absolute Gasteiger partial charge is 0.353 e. The molecule has 3 nitrogen and oxygen atoms in total. The van der Waals surface area contributed by atoms with Crippen LogP contribution in [0.25, 0.3) is 0 Å². The average Bonchev–Trinajstić information content (AvgIpc) is 3.02. The molecule has 0 aromatic heterocycles. The second-order valence-electron chi connectivity index (χ2n) is 14.7. The molecule has 4 heteroatoms. The van der Waals surface area contributed by atoms with Crippen LogP contribution >= 0.6 is 10.3 Å². The molecule has 4 rings (SSSR count). The summed E-state index contributed by atoms with van der Waals surface area (Å²) in [6.07, 6.45) is 0. The molecule has 0 aliphatic rings. The van der Waals surface area contributed by atoms with E-state index in [1.54, 1.807) is 24.3 Å². The number of aromatic hydroxyl groups is 1. The van der Waals surface area contributed by atoms with Crippen molar-refractivity contribution in [2.45, 2.75) is 133 Å². The second kappa shape index (κ2) is 14.7. The first-order valence-corrected chi connectivity index (χ1v) is 18.9. The largest absolute Gasteiger partial charge is 0.507 e. The first kappa shape index (κ1) is 36.3. The molecule has 0 saturated carbocycles. The van der Waals surface area contributed by atoms with Crippen molar-refractivity contribution in [3.8, 4) is 5.75 Å². The van der Waals surface area contributed by atoms with E-state index < -0.39 is 16.3 Å². The van der Waals surface area contributed by atoms with Crippen LogP contribution in [-0.2, 0) is 4.18 Å². The second-order valence-corrected chi connectivity index (χ2v) is 17.3. The van der Waals surface area contributed by atoms with Crippen LogP contribution in [0.15, 0.2) is 93.5 Å². The minimum Gasteiger partial charge on any atom is -0.507 e. The van der Waals surface area contributed by atoms with Crippen molar-refractivity contribution in [3.63, 3.8) is 0 Å². The molecular weight excluding hydrogens is 597 g/mol. The Kier molecular flexibility index (Phi) is 11.4. The molecule has 0 amide bonds. The Hall–Kier alpha value is -3.50. The minimum atomic E-state index is -2.74. The Labute approximate surface area is 286 Å². The Bertz CT molecular complexity index is 1560. The summed E-state index contributed by atoms with van der Waals surface area (Å²) in [4.78, 5) is 17.9. The van der Waals surface area contributed by atoms with Gasteiger partial charge in [0, 0.05) is 14.7 Å². The summed E-state index contributed by atoms with van der Waals surface area (Å²) >= 11 is 0. The molecule has 252 valence electrons. The van der Waals surface area contributed by atoms with Gasteiger partial charge in [0.15, 0.2) is 0 Å². The number of carbonyl (C=O) groups excluding carboxylic acids is 1. The molecule has 4 aromatic rings. The number of phenolic OH excluding ortho intramolecular Hbond substituents is 1. The zero-order valence-corrected chi connectivity index (χ0v) is 31.5. The van der Waals surface area contributed by atoms with E-state index in [4.69, 9.17) is 4.18 Å². The maximum absolute atomic E-state index is 14.7. The lowest BCUT2D eigenvalue weighted by atomic mass is 9.89. The summed E-state index contributed by atoms with van der Waals surface area (Å²) in [6, 6.07) is 26.6. The van der Waals surface area contributed by atoms with Gasteiger partial charge in [0.05, 0.1) is 0 Å². The van der Waals surface area contributed by atoms with Crippen LogP contribution in [0.5, 0.6) is 5.75 Å². The summed E-state index contributed by atoms with van der Waals surface area (Å²) in [5.74, 6) is 0.753. The van der Waals surface area contributed by atoms with Gasteiger partial charge in [-0.2, -0.15) is 0 Å². The molecule has 0 atom stereocenters. The van der Waals surface area contributed by atoms with Crippen molar-refractivity contribution in [3.05, 3.63) is 118 Å². The fourth-order valence-corrected chi connectivity index (χ4v) is 10.6. The summed E-state index contributed by atoms with van der Waals surface area (Å²) in [6.45, 7) is 27.0. The highest BCUT2D eigenvalue weighted by Gasteiger charge is 2.44. The number of benzene rings is 4. The van der Waals surface area contributed by atoms with Gasteiger partial charge >= 0.3 is 5.97 Å². The quantitative estimate of drug-likeness (QED) is 0.175. The maximum Gasteiger partial charge on any atom is 0.353 e. The number of rotatable bonds is 11. The summed E-state index contributed by atoms with van der Waals surface area (Å²) in [5, 5.41) is 11.0. The predicted molar refractivity (Wildman–Crippen MR) is 200 cm³/mol. The molecule has 0 heterocycles. The Morgan fingerprint density at radius 1 is 0.532 bits per heavy atom. The standard InChI is InChI=1S/C43H56O3S/c1-26(2)32-22-36(28(5)6)41(37(23-32)29(7)8)47(34-18-14-13-15-19-34,46-43(45)35-20-16-17-21-40(35)44)42-38(30(9)10)24-33(27(3)4)25-39(42)31(11)12/h13-31,44H,1-12H3. The first-order chi connectivity index (χ1) is 22.1. The van der Waals surface area contributed by atoms with Gasteiger partial charge < -0.3 is 9.29 Å². The van der Waals surface area contributed by atoms with E-state index in [0.717, 1.165) is 14.7 Å². The van der Waals surface area contributed by atoms with Gasteiger partial charge in [-0.05, 0) is 103 Å². The molecule has 0 bridgehead atoms. The molecule has 4 aromatic carbocycles. The molecule has 0 aliphatic carbocycles. The fraction of sp³-hybridized carbons (Fsp3) is 0.419. The lowest BCUT2D eigenvalue weighted by molar-refractivity contribution is 0.0754. The van der Waals surface area contributed by atoms with Crippen LogP contribution in [0.2, 0.25) is 0 Å². The molecule has 0 saturated heterocycles. The predicted octanol–water partition coefficient (Wildman–Crippen LogP) is 13.2. The maximum atomic E-state index is 14.7. The van der Waals surface area contributed by atoms with Crippen LogP contribution in [-0.4, -0.2) is 11.1 Å². The van der Waals surface area contributed by atoms with E-state index >= 15 is 0 Å².